The van der Waals surface area contributed by atoms with E-state index in [2.05, 4.69) is 32.7 Å². The molecule has 0 radical (unpaired) electrons. The van der Waals surface area contributed by atoms with Crippen molar-refractivity contribution in [1.29, 1.82) is 0 Å². The van der Waals surface area contributed by atoms with Gasteiger partial charge in [-0.2, -0.15) is 0 Å². The predicted molar refractivity (Wildman–Crippen MR) is 64.8 cm³/mol. The Balaban J connectivity index is 2.59. The number of aryl methyl sites for hydroxylation is 1. The van der Waals surface area contributed by atoms with Gasteiger partial charge in [-0.1, -0.05) is 20.8 Å². The molecule has 1 aliphatic heterocycles. The Morgan fingerprint density at radius 2 is 2.12 bits per heavy atom. The van der Waals surface area contributed by atoms with Crippen molar-refractivity contribution < 1.29 is 0 Å². The quantitative estimate of drug-likeness (QED) is 0.673. The summed E-state index contributed by atoms with van der Waals surface area (Å²) in [5.74, 6) is 0.969. The van der Waals surface area contributed by atoms with Crippen LogP contribution in [0.4, 0.5) is 0 Å². The van der Waals surface area contributed by atoms with E-state index in [0.717, 1.165) is 30.8 Å². The van der Waals surface area contributed by atoms with Crippen LogP contribution >= 0.6 is 0 Å². The van der Waals surface area contributed by atoms with Gasteiger partial charge in [0.1, 0.15) is 5.82 Å². The summed E-state index contributed by atoms with van der Waals surface area (Å²) in [4.78, 5) is 16.7. The second-order valence-electron chi connectivity index (χ2n) is 5.76. The van der Waals surface area contributed by atoms with E-state index in [1.54, 1.807) is 6.07 Å². The molecule has 0 N–H and O–H groups in total. The molecule has 2 heterocycles. The van der Waals surface area contributed by atoms with Gasteiger partial charge in [-0.25, -0.2) is 4.98 Å². The third kappa shape index (κ3) is 1.91. The van der Waals surface area contributed by atoms with Crippen LogP contribution in [0.25, 0.3) is 0 Å². The summed E-state index contributed by atoms with van der Waals surface area (Å²) < 4.78 is 1.86. The van der Waals surface area contributed by atoms with Crippen molar-refractivity contribution in [2.45, 2.75) is 58.4 Å². The average molecular weight is 220 g/mol. The first-order valence-corrected chi connectivity index (χ1v) is 6.02. The average Bonchev–Trinajstić information content (AvgIpc) is 2.15. The number of fused-ring (bicyclic) bond motifs is 1. The van der Waals surface area contributed by atoms with Gasteiger partial charge in [-0.05, 0) is 19.8 Å². The van der Waals surface area contributed by atoms with Crippen molar-refractivity contribution in [3.63, 3.8) is 0 Å². The maximum Gasteiger partial charge on any atom is 0.253 e. The Labute approximate surface area is 96.5 Å². The van der Waals surface area contributed by atoms with E-state index in [9.17, 15) is 4.79 Å². The molecule has 0 unspecified atom stereocenters. The van der Waals surface area contributed by atoms with Crippen LogP contribution in [-0.2, 0) is 11.8 Å². The lowest BCUT2D eigenvalue weighted by Gasteiger charge is -2.26. The van der Waals surface area contributed by atoms with Crippen molar-refractivity contribution in [2.75, 3.05) is 0 Å². The van der Waals surface area contributed by atoms with E-state index in [1.165, 1.54) is 0 Å². The molecular formula is C13H20N2O. The van der Waals surface area contributed by atoms with Crippen molar-refractivity contribution in [1.82, 2.24) is 9.55 Å². The molecule has 3 nitrogen and oxygen atoms in total. The minimum atomic E-state index is -0.0462. The zero-order chi connectivity index (χ0) is 11.9. The monoisotopic (exact) mass is 220 g/mol. The molecule has 0 aliphatic carbocycles. The number of aromatic nitrogens is 2. The summed E-state index contributed by atoms with van der Waals surface area (Å²) >= 11 is 0. The normalized spacial score (nSPS) is 20.6. The number of rotatable bonds is 0. The molecule has 0 saturated heterocycles. The van der Waals surface area contributed by atoms with E-state index >= 15 is 0 Å². The molecule has 0 fully saturated rings. The number of hydrogen-bond acceptors (Lipinski definition) is 2. The molecule has 1 atom stereocenters. The summed E-state index contributed by atoms with van der Waals surface area (Å²) in [6.45, 7) is 8.39. The highest BCUT2D eigenvalue weighted by Gasteiger charge is 2.23. The van der Waals surface area contributed by atoms with Crippen molar-refractivity contribution >= 4 is 0 Å². The minimum Gasteiger partial charge on any atom is -0.294 e. The summed E-state index contributed by atoms with van der Waals surface area (Å²) in [6.07, 6.45) is 3.16. The van der Waals surface area contributed by atoms with Gasteiger partial charge in [-0.15, -0.1) is 0 Å². The molecule has 16 heavy (non-hydrogen) atoms. The van der Waals surface area contributed by atoms with Gasteiger partial charge < -0.3 is 0 Å². The van der Waals surface area contributed by atoms with E-state index in [4.69, 9.17) is 0 Å². The number of nitrogens with zero attached hydrogens (tertiary/aromatic N) is 2. The second kappa shape index (κ2) is 3.72. The van der Waals surface area contributed by atoms with Crippen molar-refractivity contribution in [2.24, 2.45) is 0 Å². The van der Waals surface area contributed by atoms with Crippen LogP contribution in [0.15, 0.2) is 10.9 Å². The maximum absolute atomic E-state index is 12.1. The Morgan fingerprint density at radius 1 is 1.44 bits per heavy atom. The molecule has 0 bridgehead atoms. The van der Waals surface area contributed by atoms with Crippen LogP contribution in [0.1, 0.15) is 58.1 Å². The fourth-order valence-electron chi connectivity index (χ4n) is 2.26. The lowest BCUT2D eigenvalue weighted by molar-refractivity contribution is 0.397. The van der Waals surface area contributed by atoms with E-state index in [0.29, 0.717) is 6.04 Å². The van der Waals surface area contributed by atoms with Gasteiger partial charge in [0, 0.05) is 23.9 Å². The first-order chi connectivity index (χ1) is 7.39. The lowest BCUT2D eigenvalue weighted by Crippen LogP contribution is -2.33. The molecule has 88 valence electrons. The van der Waals surface area contributed by atoms with E-state index in [-0.39, 0.29) is 11.0 Å². The third-order valence-electron chi connectivity index (χ3n) is 3.26. The molecule has 0 saturated carbocycles. The summed E-state index contributed by atoms with van der Waals surface area (Å²) in [7, 11) is 0. The van der Waals surface area contributed by atoms with E-state index < -0.39 is 0 Å². The highest BCUT2D eigenvalue weighted by atomic mass is 16.1. The zero-order valence-electron chi connectivity index (χ0n) is 10.6. The smallest absolute Gasteiger partial charge is 0.253 e. The molecule has 1 aromatic heterocycles. The van der Waals surface area contributed by atoms with Gasteiger partial charge in [0.25, 0.3) is 5.56 Å². The Morgan fingerprint density at radius 3 is 2.75 bits per heavy atom. The molecule has 0 spiro atoms. The SMILES string of the molecule is C[C@H]1CCCc2nc(C(C)(C)C)cc(=O)n21. The molecular weight excluding hydrogens is 200 g/mol. The molecule has 0 amide bonds. The first-order valence-electron chi connectivity index (χ1n) is 6.02. The molecule has 2 rings (SSSR count). The van der Waals surface area contributed by atoms with Crippen molar-refractivity contribution in [3.05, 3.63) is 27.9 Å². The Bertz CT molecular complexity index is 454. The van der Waals surface area contributed by atoms with Crippen LogP contribution in [0.5, 0.6) is 0 Å². The molecule has 1 aromatic rings. The van der Waals surface area contributed by atoms with Gasteiger partial charge in [0.2, 0.25) is 0 Å². The maximum atomic E-state index is 12.1. The minimum absolute atomic E-state index is 0.0462. The highest BCUT2D eigenvalue weighted by Crippen LogP contribution is 2.24. The Kier molecular flexibility index (Phi) is 2.64. The van der Waals surface area contributed by atoms with Crippen molar-refractivity contribution in [3.8, 4) is 0 Å². The second-order valence-corrected chi connectivity index (χ2v) is 5.76. The van der Waals surface area contributed by atoms with E-state index in [1.807, 2.05) is 4.57 Å². The molecule has 1 aliphatic rings. The number of hydrogen-bond donors (Lipinski definition) is 0. The van der Waals surface area contributed by atoms with Crippen LogP contribution in [0, 0.1) is 0 Å². The fraction of sp³-hybridized carbons (Fsp3) is 0.692. The third-order valence-corrected chi connectivity index (χ3v) is 3.26. The van der Waals surface area contributed by atoms with Gasteiger partial charge in [0.15, 0.2) is 0 Å². The Hall–Kier alpha value is -1.12. The predicted octanol–water partition coefficient (Wildman–Crippen LogP) is 2.44. The topological polar surface area (TPSA) is 34.9 Å². The van der Waals surface area contributed by atoms with Gasteiger partial charge in [0.05, 0.1) is 5.69 Å². The highest BCUT2D eigenvalue weighted by molar-refractivity contribution is 5.15. The lowest BCUT2D eigenvalue weighted by atomic mass is 9.91. The zero-order valence-corrected chi connectivity index (χ0v) is 10.6. The summed E-state index contributed by atoms with van der Waals surface area (Å²) in [5.41, 5.74) is 0.982. The summed E-state index contributed by atoms with van der Waals surface area (Å²) in [6, 6.07) is 2.00. The van der Waals surface area contributed by atoms with Crippen LogP contribution in [0.2, 0.25) is 0 Å². The van der Waals surface area contributed by atoms with Gasteiger partial charge >= 0.3 is 0 Å². The van der Waals surface area contributed by atoms with Crippen LogP contribution in [0.3, 0.4) is 0 Å². The molecule has 3 heteroatoms. The first kappa shape index (κ1) is 11.4. The van der Waals surface area contributed by atoms with Crippen LogP contribution in [-0.4, -0.2) is 9.55 Å². The molecule has 0 aromatic carbocycles. The van der Waals surface area contributed by atoms with Gasteiger partial charge in [-0.3, -0.25) is 9.36 Å². The fourth-order valence-corrected chi connectivity index (χ4v) is 2.26. The largest absolute Gasteiger partial charge is 0.294 e. The standard InChI is InChI=1S/C13H20N2O/c1-9-6-5-7-11-14-10(13(2,3)4)8-12(16)15(9)11/h8-9H,5-7H2,1-4H3/t9-/m0/s1. The van der Waals surface area contributed by atoms with Crippen LogP contribution < -0.4 is 5.56 Å². The summed E-state index contributed by atoms with van der Waals surface area (Å²) in [5, 5.41) is 0.